The van der Waals surface area contributed by atoms with E-state index < -0.39 is 0 Å². The van der Waals surface area contributed by atoms with E-state index in [9.17, 15) is 5.11 Å². The van der Waals surface area contributed by atoms with Crippen molar-refractivity contribution in [2.24, 2.45) is 0 Å². The van der Waals surface area contributed by atoms with E-state index in [1.54, 1.807) is 0 Å². The Morgan fingerprint density at radius 3 is 1.57 bits per heavy atom. The van der Waals surface area contributed by atoms with Crippen molar-refractivity contribution in [1.82, 2.24) is 0 Å². The molecule has 0 unspecified atom stereocenters. The van der Waals surface area contributed by atoms with Gasteiger partial charge >= 0.3 is 0 Å². The van der Waals surface area contributed by atoms with Gasteiger partial charge in [0.25, 0.3) is 0 Å². The summed E-state index contributed by atoms with van der Waals surface area (Å²) in [5.74, 6) is 0.641. The fraction of sp³-hybridized carbons (Fsp3) is 0.769. The van der Waals surface area contributed by atoms with Crippen molar-refractivity contribution in [3.8, 4) is 5.75 Å². The van der Waals surface area contributed by atoms with Gasteiger partial charge in [0.2, 0.25) is 0 Å². The van der Waals surface area contributed by atoms with E-state index in [1.807, 2.05) is 0 Å². The Morgan fingerprint density at radius 2 is 1.18 bits per heavy atom. The second-order valence-electron chi connectivity index (χ2n) is 11.4. The Morgan fingerprint density at radius 1 is 0.714 bits per heavy atom. The molecule has 0 atom stereocenters. The summed E-state index contributed by atoms with van der Waals surface area (Å²) in [4.78, 5) is 0. The van der Waals surface area contributed by atoms with Gasteiger partial charge < -0.3 is 5.11 Å². The first-order valence-corrected chi connectivity index (χ1v) is 13.2. The molecule has 1 nitrogen and oxygen atoms in total. The monoisotopic (exact) mass is 402 g/mol. The van der Waals surface area contributed by atoms with Gasteiger partial charge in [-0.2, -0.15) is 0 Å². The van der Waals surface area contributed by atoms with Crippen LogP contribution in [0.15, 0.2) is 12.1 Å². The number of hydrogen-bond acceptors (Lipinski definition) is 1. The Kier molecular flexibility index (Phi) is 6.86. The number of phenolic OH excluding ortho intramolecular Hbond substituents is 1. The highest BCUT2D eigenvalue weighted by Gasteiger charge is 2.36. The topological polar surface area (TPSA) is 20.2 Å². The zero-order valence-electron chi connectivity index (χ0n) is 19.3. The molecule has 0 radical (unpaired) electrons. The average Bonchev–Trinajstić information content (AvgIpc) is 2.63. The molecule has 3 rings (SSSR count). The normalized spacial score (nSPS) is 20.7. The predicted molar refractivity (Wildman–Crippen MR) is 126 cm³/mol. The van der Waals surface area contributed by atoms with Crippen LogP contribution in [0.25, 0.3) is 0 Å². The first kappa shape index (κ1) is 22.1. The third-order valence-electron chi connectivity index (χ3n) is 6.98. The fourth-order valence-corrected chi connectivity index (χ4v) is 9.11. The Hall–Kier alpha value is -0.550. The predicted octanol–water partition coefficient (Wildman–Crippen LogP) is 7.76. The molecule has 0 bridgehead atoms. The third-order valence-corrected chi connectivity index (χ3v) is 10.5. The smallest absolute Gasteiger partial charge is 0.126 e. The molecule has 2 heteroatoms. The molecule has 2 fully saturated rings. The van der Waals surface area contributed by atoms with Gasteiger partial charge in [-0.3, -0.25) is 0 Å². The van der Waals surface area contributed by atoms with Gasteiger partial charge in [0.1, 0.15) is 5.75 Å². The molecule has 0 amide bonds. The Labute approximate surface area is 175 Å². The van der Waals surface area contributed by atoms with Crippen LogP contribution in [0.1, 0.15) is 117 Å². The maximum atomic E-state index is 11.6. The van der Waals surface area contributed by atoms with Crippen molar-refractivity contribution in [3.63, 3.8) is 0 Å². The van der Waals surface area contributed by atoms with Gasteiger partial charge in [0.15, 0.2) is 0 Å². The average molecular weight is 403 g/mol. The highest BCUT2D eigenvalue weighted by Crippen LogP contribution is 2.57. The van der Waals surface area contributed by atoms with Crippen LogP contribution in [0.2, 0.25) is 0 Å². The molecule has 1 aromatic rings. The van der Waals surface area contributed by atoms with Crippen molar-refractivity contribution in [2.75, 3.05) is 0 Å². The zero-order chi connectivity index (χ0) is 20.5. The molecular formula is C26H43OP. The summed E-state index contributed by atoms with van der Waals surface area (Å²) in [7, 11) is -0.290. The van der Waals surface area contributed by atoms with Crippen LogP contribution in [0.5, 0.6) is 5.75 Å². The fourth-order valence-electron chi connectivity index (χ4n) is 5.23. The van der Waals surface area contributed by atoms with Gasteiger partial charge in [0, 0.05) is 10.9 Å². The Balaban J connectivity index is 2.14. The van der Waals surface area contributed by atoms with E-state index in [1.165, 1.54) is 75.1 Å². The van der Waals surface area contributed by atoms with Crippen molar-refractivity contribution in [1.29, 1.82) is 0 Å². The number of aromatic hydroxyl groups is 1. The minimum absolute atomic E-state index is 0.0276. The van der Waals surface area contributed by atoms with Gasteiger partial charge in [0.05, 0.1) is 0 Å². The summed E-state index contributed by atoms with van der Waals surface area (Å²) >= 11 is 0. The highest BCUT2D eigenvalue weighted by molar-refractivity contribution is 7.67. The quantitative estimate of drug-likeness (QED) is 0.512. The lowest BCUT2D eigenvalue weighted by molar-refractivity contribution is 0.447. The molecular weight excluding hydrogens is 359 g/mol. The zero-order valence-corrected chi connectivity index (χ0v) is 20.2. The number of hydrogen-bond donors (Lipinski definition) is 1. The van der Waals surface area contributed by atoms with E-state index >= 15 is 0 Å². The summed E-state index contributed by atoms with van der Waals surface area (Å²) < 4.78 is 0. The van der Waals surface area contributed by atoms with Crippen molar-refractivity contribution in [3.05, 3.63) is 23.3 Å². The number of phenols is 1. The standard InChI is InChI=1S/C26H43OP/c1-25(2,3)19-17-22(26(4,5)6)24(27)23(18-19)28(20-13-9-7-10-14-20)21-15-11-8-12-16-21/h17-18,20-21,27H,7-16H2,1-6H3. The molecule has 0 aliphatic heterocycles. The molecule has 158 valence electrons. The first-order chi connectivity index (χ1) is 13.1. The van der Waals surface area contributed by atoms with E-state index in [2.05, 4.69) is 53.7 Å². The lowest BCUT2D eigenvalue weighted by Crippen LogP contribution is -2.29. The van der Waals surface area contributed by atoms with E-state index in [0.29, 0.717) is 5.75 Å². The lowest BCUT2D eigenvalue weighted by atomic mass is 9.80. The van der Waals surface area contributed by atoms with Crippen LogP contribution in [0.4, 0.5) is 0 Å². The second-order valence-corrected chi connectivity index (χ2v) is 14.1. The summed E-state index contributed by atoms with van der Waals surface area (Å²) in [6.07, 6.45) is 13.9. The summed E-state index contributed by atoms with van der Waals surface area (Å²) in [6.45, 7) is 13.7. The number of rotatable bonds is 3. The second kappa shape index (κ2) is 8.67. The van der Waals surface area contributed by atoms with Gasteiger partial charge in [-0.05, 0) is 59.5 Å². The highest BCUT2D eigenvalue weighted by atomic mass is 31.1. The van der Waals surface area contributed by atoms with Crippen LogP contribution in [-0.4, -0.2) is 16.4 Å². The molecule has 2 aliphatic carbocycles. The summed E-state index contributed by atoms with van der Waals surface area (Å²) in [6, 6.07) is 4.73. The van der Waals surface area contributed by atoms with E-state index in [-0.39, 0.29) is 18.8 Å². The van der Waals surface area contributed by atoms with Crippen LogP contribution >= 0.6 is 7.92 Å². The van der Waals surface area contributed by atoms with E-state index in [0.717, 1.165) is 16.9 Å². The summed E-state index contributed by atoms with van der Waals surface area (Å²) in [5.41, 5.74) is 4.29. The minimum atomic E-state index is -0.290. The van der Waals surface area contributed by atoms with E-state index in [4.69, 9.17) is 0 Å². The van der Waals surface area contributed by atoms with Crippen molar-refractivity contribution < 1.29 is 5.11 Å². The molecule has 1 aromatic carbocycles. The molecule has 0 aromatic heterocycles. The molecule has 0 saturated heterocycles. The van der Waals surface area contributed by atoms with Gasteiger partial charge in [-0.15, -0.1) is 0 Å². The lowest BCUT2D eigenvalue weighted by Gasteiger charge is -2.40. The van der Waals surface area contributed by atoms with Gasteiger partial charge in [-0.1, -0.05) is 94.1 Å². The largest absolute Gasteiger partial charge is 0.507 e. The molecule has 2 saturated carbocycles. The molecule has 0 spiro atoms. The molecule has 28 heavy (non-hydrogen) atoms. The molecule has 2 aliphatic rings. The van der Waals surface area contributed by atoms with Crippen LogP contribution in [-0.2, 0) is 10.8 Å². The SMILES string of the molecule is CC(C)(C)c1cc(P(C2CCCCC2)C2CCCCC2)c(O)c(C(C)(C)C)c1. The Bertz CT molecular complexity index is 634. The van der Waals surface area contributed by atoms with Crippen LogP contribution in [0, 0.1) is 0 Å². The van der Waals surface area contributed by atoms with Crippen LogP contribution < -0.4 is 5.30 Å². The van der Waals surface area contributed by atoms with Gasteiger partial charge in [-0.25, -0.2) is 0 Å². The first-order valence-electron chi connectivity index (χ1n) is 11.8. The minimum Gasteiger partial charge on any atom is -0.507 e. The maximum absolute atomic E-state index is 11.6. The summed E-state index contributed by atoms with van der Waals surface area (Å²) in [5, 5.41) is 12.9. The van der Waals surface area contributed by atoms with Crippen molar-refractivity contribution in [2.45, 2.75) is 128 Å². The van der Waals surface area contributed by atoms with Crippen molar-refractivity contribution >= 4 is 13.2 Å². The van der Waals surface area contributed by atoms with Crippen LogP contribution in [0.3, 0.4) is 0 Å². The molecule has 0 heterocycles. The third kappa shape index (κ3) is 4.95. The number of benzene rings is 1. The maximum Gasteiger partial charge on any atom is 0.126 e. The molecule has 1 N–H and O–H groups in total.